The van der Waals surface area contributed by atoms with E-state index < -0.39 is 29.7 Å². The third-order valence-electron chi connectivity index (χ3n) is 5.55. The number of carbonyl (C=O) groups excluding carboxylic acids is 4. The van der Waals surface area contributed by atoms with Crippen LogP contribution in [0.3, 0.4) is 0 Å². The first-order chi connectivity index (χ1) is 15.9. The maximum Gasteiger partial charge on any atom is 0.264 e. The number of fused-ring (bicyclic) bond motifs is 1. The van der Waals surface area contributed by atoms with Crippen molar-refractivity contribution in [2.45, 2.75) is 25.4 Å². The van der Waals surface area contributed by atoms with Gasteiger partial charge in [-0.3, -0.25) is 29.4 Å². The van der Waals surface area contributed by atoms with E-state index in [1.54, 1.807) is 36.5 Å². The van der Waals surface area contributed by atoms with E-state index in [1.165, 1.54) is 23.5 Å². The van der Waals surface area contributed by atoms with Crippen LogP contribution >= 0.6 is 11.3 Å². The number of nitrogens with one attached hydrogen (secondary N) is 2. The second-order valence-corrected chi connectivity index (χ2v) is 8.79. The van der Waals surface area contributed by atoms with Gasteiger partial charge in [0.05, 0.1) is 17.7 Å². The summed E-state index contributed by atoms with van der Waals surface area (Å²) < 4.78 is 13.5. The van der Waals surface area contributed by atoms with Crippen molar-refractivity contribution in [2.24, 2.45) is 0 Å². The van der Waals surface area contributed by atoms with Crippen LogP contribution in [0.2, 0.25) is 0 Å². The molecule has 0 bridgehead atoms. The molecular weight excluding hydrogens is 447 g/mol. The molecule has 2 aliphatic heterocycles. The Morgan fingerprint density at radius 2 is 1.94 bits per heavy atom. The van der Waals surface area contributed by atoms with Crippen LogP contribution in [0.15, 0.2) is 48.7 Å². The van der Waals surface area contributed by atoms with E-state index >= 15 is 0 Å². The minimum atomic E-state index is -1.02. The van der Waals surface area contributed by atoms with Gasteiger partial charge in [0.25, 0.3) is 11.8 Å². The molecule has 0 saturated carbocycles. The molecular formula is C23H17FN4O4S. The van der Waals surface area contributed by atoms with Crippen molar-refractivity contribution < 1.29 is 23.6 Å². The van der Waals surface area contributed by atoms with Gasteiger partial charge in [0.15, 0.2) is 0 Å². The lowest BCUT2D eigenvalue weighted by molar-refractivity contribution is -0.136. The van der Waals surface area contributed by atoms with E-state index in [-0.39, 0.29) is 29.8 Å². The Morgan fingerprint density at radius 1 is 1.12 bits per heavy atom. The van der Waals surface area contributed by atoms with Crippen molar-refractivity contribution in [2.75, 3.05) is 5.32 Å². The van der Waals surface area contributed by atoms with Crippen molar-refractivity contribution in [1.82, 2.24) is 15.2 Å². The normalized spacial score (nSPS) is 17.8. The molecule has 1 saturated heterocycles. The average Bonchev–Trinajstić information content (AvgIpc) is 3.37. The quantitative estimate of drug-likeness (QED) is 0.562. The van der Waals surface area contributed by atoms with Crippen LogP contribution in [0.25, 0.3) is 10.6 Å². The molecule has 8 nitrogen and oxygen atoms in total. The fraction of sp³-hybridized carbons (Fsp3) is 0.174. The highest BCUT2D eigenvalue weighted by Gasteiger charge is 2.45. The molecule has 1 atom stereocenters. The highest BCUT2D eigenvalue weighted by atomic mass is 32.1. The number of nitrogens with zero attached hydrogens (tertiary/aromatic N) is 2. The van der Waals surface area contributed by atoms with Gasteiger partial charge in [0.1, 0.15) is 16.9 Å². The Labute approximate surface area is 191 Å². The Bertz CT molecular complexity index is 1320. The molecule has 2 aliphatic rings. The van der Waals surface area contributed by atoms with Crippen molar-refractivity contribution in [1.29, 1.82) is 0 Å². The number of aromatic nitrogens is 1. The minimum absolute atomic E-state index is 0.0634. The topological polar surface area (TPSA) is 108 Å². The highest BCUT2D eigenvalue weighted by Crippen LogP contribution is 2.33. The van der Waals surface area contributed by atoms with Crippen molar-refractivity contribution >= 4 is 40.7 Å². The zero-order valence-corrected chi connectivity index (χ0v) is 17.9. The summed E-state index contributed by atoms with van der Waals surface area (Å²) in [5.41, 5.74) is 1.54. The Balaban J connectivity index is 1.36. The number of carbonyl (C=O) groups is 4. The predicted octanol–water partition coefficient (Wildman–Crippen LogP) is 2.96. The van der Waals surface area contributed by atoms with Gasteiger partial charge in [-0.1, -0.05) is 18.2 Å². The third kappa shape index (κ3) is 3.78. The predicted molar refractivity (Wildman–Crippen MR) is 118 cm³/mol. The van der Waals surface area contributed by atoms with Gasteiger partial charge in [-0.15, -0.1) is 11.3 Å². The molecule has 1 fully saturated rings. The summed E-state index contributed by atoms with van der Waals surface area (Å²) in [6, 6.07) is 10.0. The molecule has 1 aromatic heterocycles. The molecule has 3 heterocycles. The van der Waals surface area contributed by atoms with Gasteiger partial charge in [0.2, 0.25) is 11.8 Å². The number of thiazole rings is 1. The molecule has 3 aromatic rings. The number of piperidine rings is 1. The second kappa shape index (κ2) is 8.21. The van der Waals surface area contributed by atoms with Crippen LogP contribution in [0, 0.1) is 5.82 Å². The van der Waals surface area contributed by atoms with E-state index in [0.29, 0.717) is 22.8 Å². The molecule has 0 aliphatic carbocycles. The van der Waals surface area contributed by atoms with Gasteiger partial charge < -0.3 is 5.32 Å². The van der Waals surface area contributed by atoms with Crippen LogP contribution in [0.4, 0.5) is 10.1 Å². The summed E-state index contributed by atoms with van der Waals surface area (Å²) in [5.74, 6) is -2.54. The minimum Gasteiger partial charge on any atom is -0.379 e. The first kappa shape index (κ1) is 21.0. The van der Waals surface area contributed by atoms with Gasteiger partial charge in [-0.25, -0.2) is 9.37 Å². The molecule has 4 amide bonds. The number of anilines is 1. The molecule has 33 heavy (non-hydrogen) atoms. The molecule has 5 rings (SSSR count). The monoisotopic (exact) mass is 464 g/mol. The van der Waals surface area contributed by atoms with E-state index in [0.717, 1.165) is 9.78 Å². The number of benzene rings is 2. The molecule has 2 N–H and O–H groups in total. The zero-order chi connectivity index (χ0) is 23.1. The summed E-state index contributed by atoms with van der Waals surface area (Å²) in [7, 11) is 0. The lowest BCUT2D eigenvalue weighted by atomic mass is 10.0. The smallest absolute Gasteiger partial charge is 0.264 e. The summed E-state index contributed by atoms with van der Waals surface area (Å²) in [4.78, 5) is 55.9. The van der Waals surface area contributed by atoms with Crippen molar-refractivity contribution in [3.63, 3.8) is 0 Å². The largest absolute Gasteiger partial charge is 0.379 e. The second-order valence-electron chi connectivity index (χ2n) is 7.67. The number of imide groups is 2. The van der Waals surface area contributed by atoms with Crippen LogP contribution in [-0.4, -0.2) is 39.6 Å². The number of amides is 4. The van der Waals surface area contributed by atoms with Crippen molar-refractivity contribution in [3.05, 3.63) is 70.5 Å². The average molecular weight is 464 g/mol. The Kier molecular flexibility index (Phi) is 5.21. The van der Waals surface area contributed by atoms with E-state index in [4.69, 9.17) is 0 Å². The maximum atomic E-state index is 13.5. The summed E-state index contributed by atoms with van der Waals surface area (Å²) >= 11 is 1.38. The highest BCUT2D eigenvalue weighted by molar-refractivity contribution is 7.15. The number of hydrogen-bond acceptors (Lipinski definition) is 7. The standard InChI is InChI=1S/C23H17FN4O4S/c24-13-4-1-3-12(9-13)21-26-11-14(33-21)10-25-16-6-2-5-15-19(16)23(32)28(22(15)31)17-7-8-18(29)27-20(17)30/h1-6,9,11,17,25H,7-8,10H2,(H,27,29,30). The summed E-state index contributed by atoms with van der Waals surface area (Å²) in [6.07, 6.45) is 1.83. The van der Waals surface area contributed by atoms with Crippen molar-refractivity contribution in [3.8, 4) is 10.6 Å². The summed E-state index contributed by atoms with van der Waals surface area (Å²) in [6.45, 7) is 0.337. The first-order valence-electron chi connectivity index (χ1n) is 10.2. The number of rotatable bonds is 5. The van der Waals surface area contributed by atoms with E-state index in [9.17, 15) is 23.6 Å². The summed E-state index contributed by atoms with van der Waals surface area (Å²) in [5, 5.41) is 6.02. The van der Waals surface area contributed by atoms with Crippen LogP contribution in [-0.2, 0) is 16.1 Å². The third-order valence-corrected chi connectivity index (χ3v) is 6.59. The van der Waals surface area contributed by atoms with Gasteiger partial charge >= 0.3 is 0 Å². The lowest BCUT2D eigenvalue weighted by Gasteiger charge is -2.27. The van der Waals surface area contributed by atoms with E-state index in [1.807, 2.05) is 0 Å². The fourth-order valence-corrected chi connectivity index (χ4v) is 4.84. The van der Waals surface area contributed by atoms with Crippen LogP contribution in [0.5, 0.6) is 0 Å². The van der Waals surface area contributed by atoms with Gasteiger partial charge in [-0.05, 0) is 30.7 Å². The van der Waals surface area contributed by atoms with E-state index in [2.05, 4.69) is 15.6 Å². The SMILES string of the molecule is O=C1CCC(N2C(=O)c3cccc(NCc4cnc(-c5cccc(F)c5)s4)c3C2=O)C(=O)N1. The molecule has 0 radical (unpaired) electrons. The number of halogens is 1. The maximum absolute atomic E-state index is 13.5. The molecule has 2 aromatic carbocycles. The molecule has 10 heteroatoms. The van der Waals surface area contributed by atoms with Gasteiger partial charge in [-0.2, -0.15) is 0 Å². The Hall–Kier alpha value is -3.92. The Morgan fingerprint density at radius 3 is 2.73 bits per heavy atom. The molecule has 1 unspecified atom stereocenters. The number of hydrogen-bond donors (Lipinski definition) is 2. The molecule has 0 spiro atoms. The lowest BCUT2D eigenvalue weighted by Crippen LogP contribution is -2.54. The molecule has 166 valence electrons. The van der Waals surface area contributed by atoms with Crippen LogP contribution in [0.1, 0.15) is 38.4 Å². The first-order valence-corrected chi connectivity index (χ1v) is 11.0. The van der Waals surface area contributed by atoms with Crippen LogP contribution < -0.4 is 10.6 Å². The zero-order valence-electron chi connectivity index (χ0n) is 17.1. The fourth-order valence-electron chi connectivity index (χ4n) is 3.99. The van der Waals surface area contributed by atoms with Gasteiger partial charge in [0, 0.05) is 28.7 Å².